The Morgan fingerprint density at radius 3 is 2.22 bits per heavy atom. The van der Waals surface area contributed by atoms with Crippen LogP contribution in [0, 0.1) is 13.8 Å². The monoisotopic (exact) mass is 366 g/mol. The minimum atomic E-state index is -0.371. The second-order valence-corrected chi connectivity index (χ2v) is 6.43. The zero-order chi connectivity index (χ0) is 19.7. The summed E-state index contributed by atoms with van der Waals surface area (Å²) in [4.78, 5) is 26.6. The molecule has 1 heterocycles. The topological polar surface area (TPSA) is 67.9 Å². The predicted molar refractivity (Wildman–Crippen MR) is 104 cm³/mol. The van der Waals surface area contributed by atoms with Crippen LogP contribution in [-0.2, 0) is 9.59 Å². The van der Waals surface area contributed by atoms with Crippen molar-refractivity contribution in [3.8, 4) is 11.5 Å². The zero-order valence-electron chi connectivity index (χ0n) is 16.0. The maximum Gasteiger partial charge on any atom is 0.277 e. The first-order chi connectivity index (χ1) is 12.9. The van der Waals surface area contributed by atoms with Gasteiger partial charge in [0.05, 0.1) is 19.8 Å². The smallest absolute Gasteiger partial charge is 0.277 e. The molecule has 27 heavy (non-hydrogen) atoms. The van der Waals surface area contributed by atoms with Gasteiger partial charge in [-0.05, 0) is 37.1 Å². The number of hydrogen-bond acceptors (Lipinski definition) is 5. The molecule has 2 amide bonds. The van der Waals surface area contributed by atoms with Gasteiger partial charge in [-0.3, -0.25) is 14.5 Å². The third kappa shape index (κ3) is 3.26. The number of amides is 2. The van der Waals surface area contributed by atoms with Crippen molar-refractivity contribution in [2.45, 2.75) is 13.8 Å². The Kier molecular flexibility index (Phi) is 4.90. The van der Waals surface area contributed by atoms with E-state index in [0.717, 1.165) is 21.6 Å². The number of hydrogen-bond donors (Lipinski definition) is 1. The van der Waals surface area contributed by atoms with E-state index in [1.54, 1.807) is 32.4 Å². The average Bonchev–Trinajstić information content (AvgIpc) is 2.86. The number of carbonyl (C=O) groups excluding carboxylic acids is 2. The van der Waals surface area contributed by atoms with Crippen molar-refractivity contribution in [2.75, 3.05) is 26.6 Å². The van der Waals surface area contributed by atoms with Gasteiger partial charge >= 0.3 is 0 Å². The summed E-state index contributed by atoms with van der Waals surface area (Å²) in [5.41, 5.74) is 4.02. The Balaban J connectivity index is 2.10. The lowest BCUT2D eigenvalue weighted by atomic mass is 9.97. The first-order valence-electron chi connectivity index (χ1n) is 8.50. The number of rotatable bonds is 5. The molecule has 0 bridgehead atoms. The number of benzene rings is 2. The standard InChI is InChI=1S/C21H22N2O4/c1-12-6-8-15(13(2)10-12)18-19(21(25)23(3)20(18)24)22-14-7-9-16(26-4)17(11-14)27-5/h6-11,22H,1-5H3. The number of carbonyl (C=O) groups is 2. The molecule has 0 saturated carbocycles. The highest BCUT2D eigenvalue weighted by molar-refractivity contribution is 6.36. The summed E-state index contributed by atoms with van der Waals surface area (Å²) >= 11 is 0. The Hall–Kier alpha value is -3.28. The second kappa shape index (κ2) is 7.15. The van der Waals surface area contributed by atoms with E-state index < -0.39 is 0 Å². The molecule has 0 unspecified atom stereocenters. The van der Waals surface area contributed by atoms with Gasteiger partial charge in [-0.1, -0.05) is 23.8 Å². The number of likely N-dealkylation sites (N-methyl/N-ethyl adjacent to an activating group) is 1. The largest absolute Gasteiger partial charge is 0.493 e. The molecule has 0 atom stereocenters. The van der Waals surface area contributed by atoms with Crippen LogP contribution in [0.2, 0.25) is 0 Å². The van der Waals surface area contributed by atoms with Gasteiger partial charge < -0.3 is 14.8 Å². The summed E-state index contributed by atoms with van der Waals surface area (Å²) in [5, 5.41) is 3.10. The van der Waals surface area contributed by atoms with Gasteiger partial charge in [0.15, 0.2) is 11.5 Å². The number of methoxy groups -OCH3 is 2. The van der Waals surface area contributed by atoms with Crippen molar-refractivity contribution >= 4 is 23.1 Å². The number of nitrogens with zero attached hydrogens (tertiary/aromatic N) is 1. The maximum atomic E-state index is 12.7. The molecule has 140 valence electrons. The van der Waals surface area contributed by atoms with Gasteiger partial charge in [0.1, 0.15) is 5.70 Å². The fourth-order valence-electron chi connectivity index (χ4n) is 3.16. The van der Waals surface area contributed by atoms with Crippen LogP contribution in [0.5, 0.6) is 11.5 Å². The predicted octanol–water partition coefficient (Wildman–Crippen LogP) is 3.14. The SMILES string of the molecule is COc1ccc(NC2=C(c3ccc(C)cc3C)C(=O)N(C)C2=O)cc1OC. The van der Waals surface area contributed by atoms with Crippen LogP contribution in [0.25, 0.3) is 5.57 Å². The molecule has 1 aliphatic rings. The minimum absolute atomic E-state index is 0.252. The van der Waals surface area contributed by atoms with E-state index in [9.17, 15) is 9.59 Å². The van der Waals surface area contributed by atoms with E-state index in [4.69, 9.17) is 9.47 Å². The van der Waals surface area contributed by atoms with E-state index in [1.165, 1.54) is 7.05 Å². The van der Waals surface area contributed by atoms with Crippen molar-refractivity contribution in [1.82, 2.24) is 4.90 Å². The van der Waals surface area contributed by atoms with Gasteiger partial charge in [0.2, 0.25) is 0 Å². The highest BCUT2D eigenvalue weighted by Crippen LogP contribution is 2.34. The van der Waals surface area contributed by atoms with Crippen LogP contribution in [0.1, 0.15) is 16.7 Å². The fraction of sp³-hybridized carbons (Fsp3) is 0.238. The molecule has 0 saturated heterocycles. The fourth-order valence-corrected chi connectivity index (χ4v) is 3.16. The van der Waals surface area contributed by atoms with Crippen LogP contribution >= 0.6 is 0 Å². The van der Waals surface area contributed by atoms with Crippen molar-refractivity contribution in [3.63, 3.8) is 0 Å². The minimum Gasteiger partial charge on any atom is -0.493 e. The van der Waals surface area contributed by atoms with Crippen LogP contribution < -0.4 is 14.8 Å². The molecule has 1 aliphatic heterocycles. The summed E-state index contributed by atoms with van der Waals surface area (Å²) in [7, 11) is 4.58. The molecule has 0 aliphatic carbocycles. The lowest BCUT2D eigenvalue weighted by molar-refractivity contribution is -0.135. The van der Waals surface area contributed by atoms with Crippen LogP contribution in [0.15, 0.2) is 42.1 Å². The number of ether oxygens (including phenoxy) is 2. The molecular formula is C21H22N2O4. The Labute approximate surface area is 158 Å². The molecule has 0 aromatic heterocycles. The Morgan fingerprint density at radius 1 is 0.889 bits per heavy atom. The average molecular weight is 366 g/mol. The molecule has 0 fully saturated rings. The molecule has 0 spiro atoms. The van der Waals surface area contributed by atoms with Gasteiger partial charge in [-0.25, -0.2) is 0 Å². The normalized spacial score (nSPS) is 14.0. The summed E-state index contributed by atoms with van der Waals surface area (Å²) in [6.45, 7) is 3.92. The molecular weight excluding hydrogens is 344 g/mol. The molecule has 6 nitrogen and oxygen atoms in total. The number of imide groups is 1. The molecule has 2 aromatic rings. The van der Waals surface area contributed by atoms with Crippen molar-refractivity contribution in [1.29, 1.82) is 0 Å². The first kappa shape index (κ1) is 18.5. The highest BCUT2D eigenvalue weighted by atomic mass is 16.5. The number of anilines is 1. The van der Waals surface area contributed by atoms with E-state index in [-0.39, 0.29) is 17.5 Å². The van der Waals surface area contributed by atoms with Gasteiger partial charge in [0.25, 0.3) is 11.8 Å². The van der Waals surface area contributed by atoms with Crippen molar-refractivity contribution in [2.24, 2.45) is 0 Å². The number of aryl methyl sites for hydroxylation is 2. The van der Waals surface area contributed by atoms with E-state index in [1.807, 2.05) is 32.0 Å². The third-order valence-corrected chi connectivity index (χ3v) is 4.59. The summed E-state index contributed by atoms with van der Waals surface area (Å²) in [5.74, 6) is 0.415. The number of nitrogens with one attached hydrogen (secondary N) is 1. The van der Waals surface area contributed by atoms with Gasteiger partial charge in [-0.2, -0.15) is 0 Å². The first-order valence-corrected chi connectivity index (χ1v) is 8.50. The van der Waals surface area contributed by atoms with E-state index in [0.29, 0.717) is 22.8 Å². The van der Waals surface area contributed by atoms with Crippen LogP contribution in [0.4, 0.5) is 5.69 Å². The van der Waals surface area contributed by atoms with E-state index in [2.05, 4.69) is 5.32 Å². The summed E-state index contributed by atoms with van der Waals surface area (Å²) in [6.07, 6.45) is 0. The molecule has 6 heteroatoms. The second-order valence-electron chi connectivity index (χ2n) is 6.43. The Morgan fingerprint density at radius 2 is 1.59 bits per heavy atom. The Bertz CT molecular complexity index is 963. The van der Waals surface area contributed by atoms with Crippen molar-refractivity contribution < 1.29 is 19.1 Å². The van der Waals surface area contributed by atoms with Crippen LogP contribution in [-0.4, -0.2) is 38.0 Å². The zero-order valence-corrected chi connectivity index (χ0v) is 16.0. The van der Waals surface area contributed by atoms with Crippen LogP contribution in [0.3, 0.4) is 0 Å². The van der Waals surface area contributed by atoms with Crippen molar-refractivity contribution in [3.05, 3.63) is 58.8 Å². The van der Waals surface area contributed by atoms with E-state index >= 15 is 0 Å². The maximum absolute atomic E-state index is 12.7. The van der Waals surface area contributed by atoms with Gasteiger partial charge in [-0.15, -0.1) is 0 Å². The lowest BCUT2D eigenvalue weighted by Crippen LogP contribution is -2.28. The molecule has 0 radical (unpaired) electrons. The van der Waals surface area contributed by atoms with Gasteiger partial charge in [0, 0.05) is 18.8 Å². The molecule has 2 aromatic carbocycles. The third-order valence-electron chi connectivity index (χ3n) is 4.59. The summed E-state index contributed by atoms with van der Waals surface area (Å²) < 4.78 is 10.6. The lowest BCUT2D eigenvalue weighted by Gasteiger charge is -2.13. The highest BCUT2D eigenvalue weighted by Gasteiger charge is 2.37. The summed E-state index contributed by atoms with van der Waals surface area (Å²) in [6, 6.07) is 11.0. The molecule has 1 N–H and O–H groups in total. The molecule has 3 rings (SSSR count). The quantitative estimate of drug-likeness (QED) is 0.824.